The van der Waals surface area contributed by atoms with Gasteiger partial charge in [0.1, 0.15) is 5.75 Å². The van der Waals surface area contributed by atoms with Crippen molar-refractivity contribution in [3.8, 4) is 5.75 Å². The Morgan fingerprint density at radius 1 is 1.24 bits per heavy atom. The van der Waals surface area contributed by atoms with E-state index in [1.54, 1.807) is 0 Å². The van der Waals surface area contributed by atoms with Gasteiger partial charge in [0.25, 0.3) is 0 Å². The van der Waals surface area contributed by atoms with E-state index in [4.69, 9.17) is 4.74 Å². The number of benzene rings is 1. The van der Waals surface area contributed by atoms with Crippen LogP contribution in [0, 0.1) is 12.8 Å². The zero-order valence-corrected chi connectivity index (χ0v) is 14.1. The Morgan fingerprint density at radius 3 is 2.52 bits per heavy atom. The number of amides is 1. The molecule has 3 nitrogen and oxygen atoms in total. The summed E-state index contributed by atoms with van der Waals surface area (Å²) in [6, 6.07) is 8.26. The summed E-state index contributed by atoms with van der Waals surface area (Å²) in [4.78, 5) is 14.2. The average Bonchev–Trinajstić information content (AvgIpc) is 2.40. The van der Waals surface area contributed by atoms with Crippen LogP contribution in [0.4, 0.5) is 0 Å². The van der Waals surface area contributed by atoms with E-state index in [-0.39, 0.29) is 11.9 Å². The van der Waals surface area contributed by atoms with Gasteiger partial charge in [-0.1, -0.05) is 26.0 Å². The van der Waals surface area contributed by atoms with Gasteiger partial charge >= 0.3 is 0 Å². The lowest BCUT2D eigenvalue weighted by atomic mass is 10.1. The van der Waals surface area contributed by atoms with Crippen molar-refractivity contribution in [2.24, 2.45) is 5.92 Å². The van der Waals surface area contributed by atoms with Crippen LogP contribution in [0.25, 0.3) is 0 Å². The second-order valence-corrected chi connectivity index (χ2v) is 6.30. The Balaban J connectivity index is 2.35. The van der Waals surface area contributed by atoms with Crippen LogP contribution in [0.1, 0.15) is 46.1 Å². The van der Waals surface area contributed by atoms with Crippen LogP contribution >= 0.6 is 0 Å². The monoisotopic (exact) mass is 291 g/mol. The number of hydrogen-bond acceptors (Lipinski definition) is 2. The molecule has 0 spiro atoms. The van der Waals surface area contributed by atoms with Gasteiger partial charge in [-0.3, -0.25) is 4.79 Å². The van der Waals surface area contributed by atoms with Crippen molar-refractivity contribution in [1.29, 1.82) is 0 Å². The molecule has 0 unspecified atom stereocenters. The fourth-order valence-corrected chi connectivity index (χ4v) is 2.26. The van der Waals surface area contributed by atoms with Crippen molar-refractivity contribution >= 4 is 5.91 Å². The van der Waals surface area contributed by atoms with Crippen LogP contribution in [0.3, 0.4) is 0 Å². The fourth-order valence-electron chi connectivity index (χ4n) is 2.26. The fraction of sp³-hybridized carbons (Fsp3) is 0.611. The topological polar surface area (TPSA) is 29.5 Å². The molecule has 0 saturated heterocycles. The molecule has 0 atom stereocenters. The summed E-state index contributed by atoms with van der Waals surface area (Å²) < 4.78 is 5.69. The summed E-state index contributed by atoms with van der Waals surface area (Å²) in [5, 5.41) is 0. The van der Waals surface area contributed by atoms with Gasteiger partial charge in [0.2, 0.25) is 5.91 Å². The molecular weight excluding hydrogens is 262 g/mol. The first-order valence-electron chi connectivity index (χ1n) is 7.89. The van der Waals surface area contributed by atoms with E-state index in [0.29, 0.717) is 18.9 Å². The van der Waals surface area contributed by atoms with E-state index in [2.05, 4.69) is 27.7 Å². The zero-order valence-electron chi connectivity index (χ0n) is 14.1. The first-order valence-corrected chi connectivity index (χ1v) is 7.89. The Morgan fingerprint density at radius 2 is 1.95 bits per heavy atom. The molecule has 0 heterocycles. The molecule has 0 bridgehead atoms. The summed E-state index contributed by atoms with van der Waals surface area (Å²) in [5.41, 5.74) is 1.19. The van der Waals surface area contributed by atoms with E-state index in [1.165, 1.54) is 5.56 Å². The maximum atomic E-state index is 12.3. The summed E-state index contributed by atoms with van der Waals surface area (Å²) in [6.07, 6.45) is 1.31. The Bertz CT molecular complexity index is 441. The number of hydrogen-bond donors (Lipinski definition) is 0. The van der Waals surface area contributed by atoms with Crippen molar-refractivity contribution < 1.29 is 9.53 Å². The van der Waals surface area contributed by atoms with Gasteiger partial charge in [0.15, 0.2) is 0 Å². The molecule has 118 valence electrons. The molecule has 0 saturated carbocycles. The second kappa shape index (κ2) is 8.71. The summed E-state index contributed by atoms with van der Waals surface area (Å²) >= 11 is 0. The highest BCUT2D eigenvalue weighted by atomic mass is 16.5. The molecule has 21 heavy (non-hydrogen) atoms. The molecule has 0 fully saturated rings. The molecule has 1 aromatic rings. The maximum absolute atomic E-state index is 12.3. The van der Waals surface area contributed by atoms with Crippen LogP contribution in [0.15, 0.2) is 24.3 Å². The van der Waals surface area contributed by atoms with Crippen LogP contribution < -0.4 is 4.74 Å². The molecule has 0 aliphatic rings. The molecule has 1 rings (SSSR count). The zero-order chi connectivity index (χ0) is 15.8. The summed E-state index contributed by atoms with van der Waals surface area (Å²) in [6.45, 7) is 11.9. The van der Waals surface area contributed by atoms with Crippen LogP contribution in [-0.4, -0.2) is 30.0 Å². The minimum absolute atomic E-state index is 0.228. The number of carbonyl (C=O) groups is 1. The molecule has 1 aromatic carbocycles. The van der Waals surface area contributed by atoms with Gasteiger partial charge < -0.3 is 9.64 Å². The molecule has 0 aliphatic carbocycles. The van der Waals surface area contributed by atoms with Crippen LogP contribution in [0.2, 0.25) is 0 Å². The van der Waals surface area contributed by atoms with Gasteiger partial charge in [0, 0.05) is 19.0 Å². The third kappa shape index (κ3) is 6.65. The third-order valence-corrected chi connectivity index (χ3v) is 3.30. The maximum Gasteiger partial charge on any atom is 0.222 e. The van der Waals surface area contributed by atoms with Crippen LogP contribution in [0.5, 0.6) is 5.75 Å². The first kappa shape index (κ1) is 17.5. The first-order chi connectivity index (χ1) is 9.90. The number of nitrogens with zero attached hydrogens (tertiary/aromatic N) is 1. The van der Waals surface area contributed by atoms with Crippen LogP contribution in [-0.2, 0) is 4.79 Å². The number of aryl methyl sites for hydroxylation is 1. The molecule has 1 amide bonds. The highest BCUT2D eigenvalue weighted by Gasteiger charge is 2.17. The van der Waals surface area contributed by atoms with E-state index >= 15 is 0 Å². The quantitative estimate of drug-likeness (QED) is 0.676. The SMILES string of the molecule is Cc1cccc(OCCCC(=O)N(CC(C)C)C(C)C)c1. The molecule has 0 aromatic heterocycles. The summed E-state index contributed by atoms with van der Waals surface area (Å²) in [5.74, 6) is 1.61. The Labute approximate surface area is 129 Å². The molecule has 3 heteroatoms. The average molecular weight is 291 g/mol. The van der Waals surface area contributed by atoms with Gasteiger partial charge in [-0.05, 0) is 50.8 Å². The van der Waals surface area contributed by atoms with Gasteiger partial charge in [-0.15, -0.1) is 0 Å². The van der Waals surface area contributed by atoms with Crippen molar-refractivity contribution in [2.45, 2.75) is 53.5 Å². The third-order valence-electron chi connectivity index (χ3n) is 3.30. The molecule has 0 N–H and O–H groups in total. The number of ether oxygens (including phenoxy) is 1. The van der Waals surface area contributed by atoms with E-state index in [1.807, 2.05) is 36.1 Å². The highest BCUT2D eigenvalue weighted by Crippen LogP contribution is 2.13. The van der Waals surface area contributed by atoms with Crippen molar-refractivity contribution in [2.75, 3.05) is 13.2 Å². The molecule has 0 radical (unpaired) electrons. The summed E-state index contributed by atoms with van der Waals surface area (Å²) in [7, 11) is 0. The van der Waals surface area contributed by atoms with Crippen molar-refractivity contribution in [3.63, 3.8) is 0 Å². The Kier molecular flexibility index (Phi) is 7.27. The number of carbonyl (C=O) groups excluding carboxylic acids is 1. The Hall–Kier alpha value is -1.51. The minimum Gasteiger partial charge on any atom is -0.494 e. The predicted molar refractivity (Wildman–Crippen MR) is 87.6 cm³/mol. The second-order valence-electron chi connectivity index (χ2n) is 6.30. The van der Waals surface area contributed by atoms with E-state index in [0.717, 1.165) is 18.7 Å². The van der Waals surface area contributed by atoms with E-state index in [9.17, 15) is 4.79 Å². The lowest BCUT2D eigenvalue weighted by molar-refractivity contribution is -0.133. The molecular formula is C18H29NO2. The lowest BCUT2D eigenvalue weighted by Gasteiger charge is -2.28. The lowest BCUT2D eigenvalue weighted by Crippen LogP contribution is -2.39. The van der Waals surface area contributed by atoms with Gasteiger partial charge in [0.05, 0.1) is 6.61 Å². The highest BCUT2D eigenvalue weighted by molar-refractivity contribution is 5.76. The largest absolute Gasteiger partial charge is 0.494 e. The van der Waals surface area contributed by atoms with Crippen molar-refractivity contribution in [1.82, 2.24) is 4.90 Å². The van der Waals surface area contributed by atoms with Crippen molar-refractivity contribution in [3.05, 3.63) is 29.8 Å². The van der Waals surface area contributed by atoms with E-state index < -0.39 is 0 Å². The number of rotatable bonds is 8. The smallest absolute Gasteiger partial charge is 0.222 e. The molecule has 0 aliphatic heterocycles. The standard InChI is InChI=1S/C18H29NO2/c1-14(2)13-19(15(3)4)18(20)10-7-11-21-17-9-6-8-16(5)12-17/h6,8-9,12,14-15H,7,10-11,13H2,1-5H3. The van der Waals surface area contributed by atoms with Gasteiger partial charge in [-0.25, -0.2) is 0 Å². The van der Waals surface area contributed by atoms with Gasteiger partial charge in [-0.2, -0.15) is 0 Å². The minimum atomic E-state index is 0.228. The normalized spacial score (nSPS) is 11.0. The predicted octanol–water partition coefficient (Wildman–Crippen LogP) is 4.05.